The van der Waals surface area contributed by atoms with E-state index in [0.717, 1.165) is 29.9 Å². The van der Waals surface area contributed by atoms with Crippen molar-refractivity contribution in [1.29, 1.82) is 0 Å². The van der Waals surface area contributed by atoms with Gasteiger partial charge in [-0.05, 0) is 20.3 Å². The van der Waals surface area contributed by atoms with E-state index in [1.807, 2.05) is 18.4 Å². The normalized spacial score (nSPS) is 12.7. The molecular formula is C14H19N7O2. The number of anilines is 1. The summed E-state index contributed by atoms with van der Waals surface area (Å²) >= 11 is 0. The predicted molar refractivity (Wildman–Crippen MR) is 82.9 cm³/mol. The molecule has 3 aromatic rings. The van der Waals surface area contributed by atoms with Gasteiger partial charge in [0.15, 0.2) is 5.82 Å². The van der Waals surface area contributed by atoms with Crippen LogP contribution in [-0.4, -0.2) is 43.6 Å². The monoisotopic (exact) mass is 317 g/mol. The highest BCUT2D eigenvalue weighted by Crippen LogP contribution is 2.25. The standard InChI is InChI=1S/C14H19N7O2/c1-9-11-12(15-7-16-14(11)23-20-9)18-10(2)13-19-17-8-21(13)5-4-6-22-3/h7-8,10H,4-6H2,1-3H3,(H,15,16,18)/t10-/m1/s1. The van der Waals surface area contributed by atoms with Crippen molar-refractivity contribution in [2.45, 2.75) is 32.9 Å². The first-order valence-corrected chi connectivity index (χ1v) is 7.41. The molecular weight excluding hydrogens is 298 g/mol. The molecule has 0 aliphatic carbocycles. The highest BCUT2D eigenvalue weighted by molar-refractivity contribution is 5.87. The fourth-order valence-corrected chi connectivity index (χ4v) is 2.45. The smallest absolute Gasteiger partial charge is 0.263 e. The first-order chi connectivity index (χ1) is 11.2. The van der Waals surface area contributed by atoms with Gasteiger partial charge in [-0.2, -0.15) is 4.98 Å². The molecule has 0 aromatic carbocycles. The Hall–Kier alpha value is -2.55. The lowest BCUT2D eigenvalue weighted by Crippen LogP contribution is -2.15. The van der Waals surface area contributed by atoms with Crippen LogP contribution in [0.5, 0.6) is 0 Å². The molecule has 0 aliphatic heterocycles. The molecule has 9 nitrogen and oxygen atoms in total. The van der Waals surface area contributed by atoms with Crippen LogP contribution in [0, 0.1) is 6.92 Å². The number of ether oxygens (including phenoxy) is 1. The van der Waals surface area contributed by atoms with E-state index in [1.54, 1.807) is 13.4 Å². The van der Waals surface area contributed by atoms with Gasteiger partial charge < -0.3 is 19.1 Å². The quantitative estimate of drug-likeness (QED) is 0.657. The average Bonchev–Trinajstić information content (AvgIpc) is 3.15. The zero-order valence-corrected chi connectivity index (χ0v) is 13.4. The number of methoxy groups -OCH3 is 1. The molecule has 1 atom stereocenters. The van der Waals surface area contributed by atoms with E-state index in [4.69, 9.17) is 9.26 Å². The molecule has 3 aromatic heterocycles. The molecule has 9 heteroatoms. The number of aryl methyl sites for hydroxylation is 2. The van der Waals surface area contributed by atoms with Crippen molar-refractivity contribution < 1.29 is 9.26 Å². The molecule has 0 radical (unpaired) electrons. The van der Waals surface area contributed by atoms with Crippen LogP contribution >= 0.6 is 0 Å². The number of hydrogen-bond acceptors (Lipinski definition) is 8. The summed E-state index contributed by atoms with van der Waals surface area (Å²) in [6.45, 7) is 5.37. The topological polar surface area (TPSA) is 104 Å². The Morgan fingerprint density at radius 1 is 1.39 bits per heavy atom. The van der Waals surface area contributed by atoms with Crippen molar-refractivity contribution in [3.05, 3.63) is 24.2 Å². The number of rotatable bonds is 7. The summed E-state index contributed by atoms with van der Waals surface area (Å²) in [7, 11) is 1.69. The molecule has 122 valence electrons. The average molecular weight is 317 g/mol. The summed E-state index contributed by atoms with van der Waals surface area (Å²) in [5.41, 5.74) is 1.21. The fraction of sp³-hybridized carbons (Fsp3) is 0.500. The van der Waals surface area contributed by atoms with Gasteiger partial charge in [0.1, 0.15) is 23.9 Å². The predicted octanol–water partition coefficient (Wildman–Crippen LogP) is 1.73. The van der Waals surface area contributed by atoms with Crippen LogP contribution in [0.3, 0.4) is 0 Å². The fourth-order valence-electron chi connectivity index (χ4n) is 2.45. The number of nitrogens with zero attached hydrogens (tertiary/aromatic N) is 6. The van der Waals surface area contributed by atoms with Crippen molar-refractivity contribution >= 4 is 16.9 Å². The van der Waals surface area contributed by atoms with Gasteiger partial charge in [-0.25, -0.2) is 4.98 Å². The molecule has 0 fully saturated rings. The highest BCUT2D eigenvalue weighted by Gasteiger charge is 2.17. The second-order valence-corrected chi connectivity index (χ2v) is 5.27. The van der Waals surface area contributed by atoms with Crippen LogP contribution in [0.15, 0.2) is 17.2 Å². The van der Waals surface area contributed by atoms with Gasteiger partial charge in [0.05, 0.1) is 11.7 Å². The Morgan fingerprint density at radius 3 is 3.09 bits per heavy atom. The maximum atomic E-state index is 5.16. The Kier molecular flexibility index (Phi) is 4.47. The van der Waals surface area contributed by atoms with Gasteiger partial charge in [-0.3, -0.25) is 0 Å². The number of hydrogen-bond donors (Lipinski definition) is 1. The molecule has 0 saturated heterocycles. The summed E-state index contributed by atoms with van der Waals surface area (Å²) < 4.78 is 12.3. The minimum atomic E-state index is -0.0764. The lowest BCUT2D eigenvalue weighted by molar-refractivity contribution is 0.190. The van der Waals surface area contributed by atoms with Crippen molar-refractivity contribution in [2.24, 2.45) is 0 Å². The zero-order valence-electron chi connectivity index (χ0n) is 13.4. The number of nitrogens with one attached hydrogen (secondary N) is 1. The first kappa shape index (κ1) is 15.3. The molecule has 0 saturated carbocycles. The van der Waals surface area contributed by atoms with Crippen LogP contribution in [0.25, 0.3) is 11.1 Å². The van der Waals surface area contributed by atoms with Crippen LogP contribution in [-0.2, 0) is 11.3 Å². The Bertz CT molecular complexity index is 782. The van der Waals surface area contributed by atoms with E-state index in [2.05, 4.69) is 30.6 Å². The summed E-state index contributed by atoms with van der Waals surface area (Å²) in [4.78, 5) is 8.37. The van der Waals surface area contributed by atoms with E-state index in [9.17, 15) is 0 Å². The van der Waals surface area contributed by atoms with E-state index in [1.165, 1.54) is 6.33 Å². The Morgan fingerprint density at radius 2 is 2.26 bits per heavy atom. The molecule has 0 amide bonds. The van der Waals surface area contributed by atoms with E-state index >= 15 is 0 Å². The molecule has 3 heterocycles. The van der Waals surface area contributed by atoms with Gasteiger partial charge in [0.2, 0.25) is 0 Å². The third-order valence-corrected chi connectivity index (χ3v) is 3.58. The van der Waals surface area contributed by atoms with Crippen molar-refractivity contribution in [1.82, 2.24) is 29.9 Å². The number of aromatic nitrogens is 6. The molecule has 0 spiro atoms. The van der Waals surface area contributed by atoms with Crippen molar-refractivity contribution in [2.75, 3.05) is 19.0 Å². The Labute approximate surface area is 133 Å². The van der Waals surface area contributed by atoms with E-state index in [0.29, 0.717) is 18.1 Å². The van der Waals surface area contributed by atoms with Crippen molar-refractivity contribution in [3.8, 4) is 0 Å². The molecule has 0 unspecified atom stereocenters. The lowest BCUT2D eigenvalue weighted by atomic mass is 10.2. The zero-order chi connectivity index (χ0) is 16.2. The molecule has 0 aliphatic rings. The minimum absolute atomic E-state index is 0.0764. The Balaban J connectivity index is 1.80. The minimum Gasteiger partial charge on any atom is -0.385 e. The summed E-state index contributed by atoms with van der Waals surface area (Å²) in [5, 5.41) is 16.3. The van der Waals surface area contributed by atoms with Crippen LogP contribution in [0.2, 0.25) is 0 Å². The van der Waals surface area contributed by atoms with Crippen LogP contribution in [0.4, 0.5) is 5.82 Å². The maximum absolute atomic E-state index is 5.16. The molecule has 0 bridgehead atoms. The molecule has 3 rings (SSSR count). The molecule has 23 heavy (non-hydrogen) atoms. The molecule has 1 N–H and O–H groups in total. The van der Waals surface area contributed by atoms with E-state index in [-0.39, 0.29) is 6.04 Å². The first-order valence-electron chi connectivity index (χ1n) is 7.41. The second-order valence-electron chi connectivity index (χ2n) is 5.27. The number of fused-ring (bicyclic) bond motifs is 1. The van der Waals surface area contributed by atoms with Crippen LogP contribution in [0.1, 0.15) is 30.9 Å². The lowest BCUT2D eigenvalue weighted by Gasteiger charge is -2.15. The van der Waals surface area contributed by atoms with Crippen molar-refractivity contribution in [3.63, 3.8) is 0 Å². The van der Waals surface area contributed by atoms with Gasteiger partial charge in [0, 0.05) is 20.3 Å². The van der Waals surface area contributed by atoms with E-state index < -0.39 is 0 Å². The van der Waals surface area contributed by atoms with Gasteiger partial charge >= 0.3 is 0 Å². The van der Waals surface area contributed by atoms with Gasteiger partial charge in [-0.1, -0.05) is 5.16 Å². The highest BCUT2D eigenvalue weighted by atomic mass is 16.5. The third-order valence-electron chi connectivity index (χ3n) is 3.58. The summed E-state index contributed by atoms with van der Waals surface area (Å²) in [6, 6.07) is -0.0764. The van der Waals surface area contributed by atoms with Gasteiger partial charge in [-0.15, -0.1) is 10.2 Å². The maximum Gasteiger partial charge on any atom is 0.263 e. The van der Waals surface area contributed by atoms with Crippen LogP contribution < -0.4 is 5.32 Å². The van der Waals surface area contributed by atoms with Gasteiger partial charge in [0.25, 0.3) is 5.71 Å². The largest absolute Gasteiger partial charge is 0.385 e. The summed E-state index contributed by atoms with van der Waals surface area (Å²) in [5.74, 6) is 1.51. The third kappa shape index (κ3) is 3.14. The summed E-state index contributed by atoms with van der Waals surface area (Å²) in [6.07, 6.45) is 4.07. The SMILES string of the molecule is COCCCn1cnnc1[C@@H](C)Nc1ncnc2onc(C)c12. The second kappa shape index (κ2) is 6.69.